The molecule has 0 unspecified atom stereocenters. The molecule has 0 bridgehead atoms. The Hall–Kier alpha value is -3.58. The van der Waals surface area contributed by atoms with Gasteiger partial charge in [0.1, 0.15) is 5.82 Å². The number of nitrogens with one attached hydrogen (secondary N) is 1. The van der Waals surface area contributed by atoms with Gasteiger partial charge in [-0.2, -0.15) is 5.10 Å². The van der Waals surface area contributed by atoms with Crippen molar-refractivity contribution in [3.05, 3.63) is 78.4 Å². The fraction of sp³-hybridized carbons (Fsp3) is 0.250. The summed E-state index contributed by atoms with van der Waals surface area (Å²) in [5.41, 5.74) is 4.35. The number of carbonyl (C=O) groups excluding carboxylic acids is 1. The molecule has 1 saturated heterocycles. The Morgan fingerprint density at radius 1 is 1.13 bits per heavy atom. The summed E-state index contributed by atoms with van der Waals surface area (Å²) in [6.07, 6.45) is 9.18. The van der Waals surface area contributed by atoms with Crippen LogP contribution in [-0.4, -0.2) is 44.6 Å². The lowest BCUT2D eigenvalue weighted by Gasteiger charge is -2.34. The first-order valence-corrected chi connectivity index (χ1v) is 10.6. The van der Waals surface area contributed by atoms with Crippen molar-refractivity contribution in [1.29, 1.82) is 0 Å². The largest absolute Gasteiger partial charge is 0.315 e. The van der Waals surface area contributed by atoms with Gasteiger partial charge in [-0.15, -0.1) is 0 Å². The zero-order valence-electron chi connectivity index (χ0n) is 17.4. The van der Waals surface area contributed by atoms with Crippen LogP contribution in [0.3, 0.4) is 0 Å². The number of hydrogen-bond acceptors (Lipinski definition) is 5. The third kappa shape index (κ3) is 3.68. The Morgan fingerprint density at radius 2 is 1.97 bits per heavy atom. The number of nitrogens with zero attached hydrogens (tertiary/aromatic N) is 5. The summed E-state index contributed by atoms with van der Waals surface area (Å²) in [5.74, 6) is 0.706. The van der Waals surface area contributed by atoms with E-state index < -0.39 is 0 Å². The predicted molar refractivity (Wildman–Crippen MR) is 120 cm³/mol. The summed E-state index contributed by atoms with van der Waals surface area (Å²) in [6, 6.07) is 13.5. The fourth-order valence-electron chi connectivity index (χ4n) is 4.18. The molecule has 3 aromatic heterocycles. The van der Waals surface area contributed by atoms with E-state index in [9.17, 15) is 4.79 Å². The maximum atomic E-state index is 13.6. The second kappa shape index (κ2) is 8.28. The van der Waals surface area contributed by atoms with Crippen LogP contribution < -0.4 is 10.2 Å². The number of fused-ring (bicyclic) bond motifs is 1. The van der Waals surface area contributed by atoms with E-state index in [2.05, 4.69) is 20.4 Å². The van der Waals surface area contributed by atoms with Gasteiger partial charge in [0.2, 0.25) is 0 Å². The molecule has 1 aromatic carbocycles. The van der Waals surface area contributed by atoms with Crippen LogP contribution in [0, 0.1) is 6.92 Å². The molecule has 1 N–H and O–H groups in total. The maximum absolute atomic E-state index is 13.6. The Kier molecular flexibility index (Phi) is 5.18. The lowest BCUT2D eigenvalue weighted by Crippen LogP contribution is -2.49. The quantitative estimate of drug-likeness (QED) is 0.555. The Labute approximate surface area is 180 Å². The van der Waals surface area contributed by atoms with E-state index in [0.717, 1.165) is 54.1 Å². The summed E-state index contributed by atoms with van der Waals surface area (Å²) in [7, 11) is 0. The van der Waals surface area contributed by atoms with Crippen molar-refractivity contribution < 1.29 is 4.79 Å². The molecular weight excluding hydrogens is 388 g/mol. The zero-order chi connectivity index (χ0) is 21.2. The number of aryl methyl sites for hydroxylation is 1. The number of hydrogen-bond donors (Lipinski definition) is 1. The van der Waals surface area contributed by atoms with Crippen molar-refractivity contribution in [2.45, 2.75) is 25.8 Å². The number of piperidine rings is 1. The molecule has 0 radical (unpaired) electrons. The average molecular weight is 412 g/mol. The molecule has 4 heterocycles. The van der Waals surface area contributed by atoms with Crippen LogP contribution in [0.4, 0.5) is 5.82 Å². The minimum absolute atomic E-state index is 0.0277. The van der Waals surface area contributed by atoms with Crippen LogP contribution >= 0.6 is 0 Å². The maximum Gasteiger partial charge on any atom is 0.259 e. The third-order valence-electron chi connectivity index (χ3n) is 5.79. The highest BCUT2D eigenvalue weighted by Crippen LogP contribution is 2.27. The molecule has 0 saturated carbocycles. The molecule has 156 valence electrons. The standard InChI is InChI=1S/C24H24N6O/c1-17-5-2-12-26-22(17)30(20-6-3-11-25-15-20)24(31)19-9-7-18(8-10-19)21-16-28-29-14-4-13-27-23(21)29/h2,4-5,7-10,12-14,16,20,25H,3,6,11,15H2,1H3/t20-/m1/s1. The van der Waals surface area contributed by atoms with Crippen molar-refractivity contribution in [2.24, 2.45) is 0 Å². The number of pyridine rings is 1. The Morgan fingerprint density at radius 3 is 2.74 bits per heavy atom. The van der Waals surface area contributed by atoms with Gasteiger partial charge in [0.05, 0.1) is 12.2 Å². The highest BCUT2D eigenvalue weighted by Gasteiger charge is 2.29. The molecule has 7 nitrogen and oxygen atoms in total. The molecule has 0 spiro atoms. The minimum atomic E-state index is -0.0277. The molecule has 5 rings (SSSR count). The normalized spacial score (nSPS) is 16.4. The SMILES string of the molecule is Cc1cccnc1N(C(=O)c1ccc(-c2cnn3cccnc23)cc1)[C@@H]1CCCNC1. The predicted octanol–water partition coefficient (Wildman–Crippen LogP) is 3.50. The van der Waals surface area contributed by atoms with Gasteiger partial charge in [0.25, 0.3) is 5.91 Å². The van der Waals surface area contributed by atoms with Crippen LogP contribution in [0.2, 0.25) is 0 Å². The summed E-state index contributed by atoms with van der Waals surface area (Å²) in [5, 5.41) is 7.77. The summed E-state index contributed by atoms with van der Waals surface area (Å²) in [6.45, 7) is 3.76. The van der Waals surface area contributed by atoms with Gasteiger partial charge in [0, 0.05) is 36.3 Å². The van der Waals surface area contributed by atoms with Crippen molar-refractivity contribution >= 4 is 17.4 Å². The average Bonchev–Trinajstić information content (AvgIpc) is 3.25. The molecule has 7 heteroatoms. The van der Waals surface area contributed by atoms with Gasteiger partial charge in [-0.3, -0.25) is 9.69 Å². The van der Waals surface area contributed by atoms with Gasteiger partial charge in [-0.25, -0.2) is 14.5 Å². The first kappa shape index (κ1) is 19.4. The second-order valence-electron chi connectivity index (χ2n) is 7.84. The monoisotopic (exact) mass is 412 g/mol. The summed E-state index contributed by atoms with van der Waals surface area (Å²) >= 11 is 0. The molecular formula is C24H24N6O. The summed E-state index contributed by atoms with van der Waals surface area (Å²) < 4.78 is 1.75. The molecule has 1 amide bonds. The Bertz CT molecular complexity index is 1210. The number of carbonyl (C=O) groups is 1. The number of rotatable bonds is 4. The van der Waals surface area contributed by atoms with E-state index in [1.165, 1.54) is 0 Å². The van der Waals surface area contributed by atoms with E-state index in [1.54, 1.807) is 23.1 Å². The van der Waals surface area contributed by atoms with E-state index in [-0.39, 0.29) is 11.9 Å². The van der Waals surface area contributed by atoms with Gasteiger partial charge in [-0.1, -0.05) is 18.2 Å². The molecule has 1 atom stereocenters. The number of benzene rings is 1. The summed E-state index contributed by atoms with van der Waals surface area (Å²) in [4.78, 5) is 24.5. The van der Waals surface area contributed by atoms with Gasteiger partial charge in [0.15, 0.2) is 5.65 Å². The van der Waals surface area contributed by atoms with Crippen LogP contribution in [0.15, 0.2) is 67.3 Å². The van der Waals surface area contributed by atoms with Crippen LogP contribution in [-0.2, 0) is 0 Å². The first-order valence-electron chi connectivity index (χ1n) is 10.6. The lowest BCUT2D eigenvalue weighted by atomic mass is 10.0. The van der Waals surface area contributed by atoms with Gasteiger partial charge in [-0.05, 0) is 61.7 Å². The lowest BCUT2D eigenvalue weighted by molar-refractivity contribution is 0.0971. The van der Waals surface area contributed by atoms with E-state index in [4.69, 9.17) is 0 Å². The van der Waals surface area contributed by atoms with Crippen LogP contribution in [0.25, 0.3) is 16.8 Å². The zero-order valence-corrected chi connectivity index (χ0v) is 17.4. The molecule has 0 aliphatic carbocycles. The number of anilines is 1. The van der Waals surface area contributed by atoms with Crippen molar-refractivity contribution in [3.63, 3.8) is 0 Å². The van der Waals surface area contributed by atoms with Crippen molar-refractivity contribution in [1.82, 2.24) is 24.9 Å². The van der Waals surface area contributed by atoms with Crippen LogP contribution in [0.1, 0.15) is 28.8 Å². The minimum Gasteiger partial charge on any atom is -0.315 e. The number of amides is 1. The number of aromatic nitrogens is 4. The van der Waals surface area contributed by atoms with Crippen molar-refractivity contribution in [3.8, 4) is 11.1 Å². The molecule has 1 aliphatic rings. The molecule has 1 fully saturated rings. The Balaban J connectivity index is 1.48. The molecule has 31 heavy (non-hydrogen) atoms. The van der Waals surface area contributed by atoms with Gasteiger partial charge < -0.3 is 5.32 Å². The van der Waals surface area contributed by atoms with Crippen LogP contribution in [0.5, 0.6) is 0 Å². The second-order valence-corrected chi connectivity index (χ2v) is 7.84. The topological polar surface area (TPSA) is 75.4 Å². The van der Waals surface area contributed by atoms with E-state index >= 15 is 0 Å². The van der Waals surface area contributed by atoms with E-state index in [1.807, 2.05) is 60.5 Å². The highest BCUT2D eigenvalue weighted by atomic mass is 16.2. The third-order valence-corrected chi connectivity index (χ3v) is 5.79. The molecule has 1 aliphatic heterocycles. The fourth-order valence-corrected chi connectivity index (χ4v) is 4.18. The first-order chi connectivity index (χ1) is 15.2. The van der Waals surface area contributed by atoms with Crippen molar-refractivity contribution in [2.75, 3.05) is 18.0 Å². The highest BCUT2D eigenvalue weighted by molar-refractivity contribution is 6.06. The smallest absolute Gasteiger partial charge is 0.259 e. The molecule has 4 aromatic rings. The van der Waals surface area contributed by atoms with Gasteiger partial charge >= 0.3 is 0 Å². The van der Waals surface area contributed by atoms with E-state index in [0.29, 0.717) is 5.56 Å².